The lowest BCUT2D eigenvalue weighted by molar-refractivity contribution is -0.137. The number of carbonyl (C=O) groups is 2. The minimum Gasteiger partial charge on any atom is -0.481 e. The zero-order valence-electron chi connectivity index (χ0n) is 17.9. The summed E-state index contributed by atoms with van der Waals surface area (Å²) in [6, 6.07) is 0. The van der Waals surface area contributed by atoms with Gasteiger partial charge in [-0.3, -0.25) is 9.59 Å². The lowest BCUT2D eigenvalue weighted by Crippen LogP contribution is -2.24. The lowest BCUT2D eigenvalue weighted by Gasteiger charge is -2.02. The Bertz CT molecular complexity index is 535. The molecule has 0 saturated carbocycles. The van der Waals surface area contributed by atoms with Crippen molar-refractivity contribution < 1.29 is 19.8 Å². The van der Waals surface area contributed by atoms with Crippen molar-refractivity contribution in [2.75, 3.05) is 6.54 Å². The van der Waals surface area contributed by atoms with Crippen molar-refractivity contribution >= 4 is 11.9 Å². The molecule has 29 heavy (non-hydrogen) atoms. The maximum atomic E-state index is 11.5. The summed E-state index contributed by atoms with van der Waals surface area (Å²) in [5, 5.41) is 21.1. The van der Waals surface area contributed by atoms with Gasteiger partial charge in [0.1, 0.15) is 0 Å². The van der Waals surface area contributed by atoms with E-state index in [1.165, 1.54) is 19.3 Å². The molecule has 0 aliphatic carbocycles. The predicted octanol–water partition coefficient (Wildman–Crippen LogP) is 5.08. The molecule has 0 bridgehead atoms. The number of unbranched alkanes of at least 4 members (excludes halogenated alkanes) is 4. The molecule has 0 rings (SSSR count). The molecule has 0 spiro atoms. The smallest absolute Gasteiger partial charge is 0.303 e. The molecule has 5 heteroatoms. The van der Waals surface area contributed by atoms with Gasteiger partial charge in [0.15, 0.2) is 0 Å². The van der Waals surface area contributed by atoms with Crippen molar-refractivity contribution in [2.45, 2.75) is 83.7 Å². The standard InChI is InChI=1S/C24H39NO4/c1-2-3-4-5-10-13-17-22(26)18-14-11-8-6-7-9-12-15-19-23(27)25-21-16-20-24(28)29/h7-11,13-14,18,22,26H,2-6,12,15-17,19-21H2,1H3,(H,25,27)(H,28,29). The van der Waals surface area contributed by atoms with E-state index in [4.69, 9.17) is 5.11 Å². The van der Waals surface area contributed by atoms with E-state index in [9.17, 15) is 14.7 Å². The molecular formula is C24H39NO4. The molecular weight excluding hydrogens is 366 g/mol. The number of carboxylic acids is 1. The van der Waals surface area contributed by atoms with Gasteiger partial charge in [-0.15, -0.1) is 0 Å². The monoisotopic (exact) mass is 405 g/mol. The molecule has 0 aromatic heterocycles. The van der Waals surface area contributed by atoms with Crippen LogP contribution >= 0.6 is 0 Å². The van der Waals surface area contributed by atoms with Gasteiger partial charge in [-0.05, 0) is 44.9 Å². The first-order valence-corrected chi connectivity index (χ1v) is 10.9. The van der Waals surface area contributed by atoms with Gasteiger partial charge in [-0.2, -0.15) is 0 Å². The van der Waals surface area contributed by atoms with Crippen molar-refractivity contribution in [1.29, 1.82) is 0 Å². The van der Waals surface area contributed by atoms with Gasteiger partial charge in [-0.1, -0.05) is 68.4 Å². The molecule has 0 fully saturated rings. The molecule has 0 aromatic carbocycles. The quantitative estimate of drug-likeness (QED) is 0.168. The SMILES string of the molecule is CCCCCC=CCC(O)C=CC=CCC=CCCCC(=O)NCCCC(=O)O. The Kier molecular flexibility index (Phi) is 19.1. The van der Waals surface area contributed by atoms with Crippen LogP contribution in [0.25, 0.3) is 0 Å². The van der Waals surface area contributed by atoms with Gasteiger partial charge in [0.05, 0.1) is 6.10 Å². The van der Waals surface area contributed by atoms with Crippen LogP contribution in [0, 0.1) is 0 Å². The number of carboxylic acid groups (broad SMARTS) is 1. The van der Waals surface area contributed by atoms with Gasteiger partial charge in [0.2, 0.25) is 5.91 Å². The maximum Gasteiger partial charge on any atom is 0.303 e. The Labute approximate surface area is 176 Å². The number of allylic oxidation sites excluding steroid dienone is 6. The number of aliphatic hydroxyl groups is 1. The molecule has 1 atom stereocenters. The Morgan fingerprint density at radius 1 is 0.897 bits per heavy atom. The van der Waals surface area contributed by atoms with Crippen LogP contribution in [0.2, 0.25) is 0 Å². The third kappa shape index (κ3) is 22.0. The van der Waals surface area contributed by atoms with Crippen LogP contribution in [0.4, 0.5) is 0 Å². The van der Waals surface area contributed by atoms with Gasteiger partial charge >= 0.3 is 5.97 Å². The van der Waals surface area contributed by atoms with Gasteiger partial charge in [-0.25, -0.2) is 0 Å². The third-order valence-electron chi connectivity index (χ3n) is 4.20. The first-order chi connectivity index (χ1) is 14.1. The highest BCUT2D eigenvalue weighted by molar-refractivity contribution is 5.75. The highest BCUT2D eigenvalue weighted by atomic mass is 16.4. The van der Waals surface area contributed by atoms with Crippen molar-refractivity contribution in [1.82, 2.24) is 5.32 Å². The second kappa shape index (κ2) is 20.6. The molecule has 0 aliphatic rings. The van der Waals surface area contributed by atoms with E-state index in [-0.39, 0.29) is 12.3 Å². The minimum absolute atomic E-state index is 0.0248. The first-order valence-electron chi connectivity index (χ1n) is 10.9. The van der Waals surface area contributed by atoms with E-state index in [1.54, 1.807) is 6.08 Å². The van der Waals surface area contributed by atoms with Crippen LogP contribution in [0.15, 0.2) is 48.6 Å². The average molecular weight is 406 g/mol. The summed E-state index contributed by atoms with van der Waals surface area (Å²) < 4.78 is 0. The normalized spacial score (nSPS) is 13.2. The van der Waals surface area contributed by atoms with Gasteiger partial charge in [0, 0.05) is 19.4 Å². The number of hydrogen-bond acceptors (Lipinski definition) is 3. The van der Waals surface area contributed by atoms with Gasteiger partial charge in [0.25, 0.3) is 0 Å². The Morgan fingerprint density at radius 3 is 2.41 bits per heavy atom. The molecule has 3 N–H and O–H groups in total. The van der Waals surface area contributed by atoms with E-state index in [1.807, 2.05) is 24.3 Å². The molecule has 0 aromatic rings. The van der Waals surface area contributed by atoms with Crippen LogP contribution < -0.4 is 5.32 Å². The Hall–Kier alpha value is -2.14. The second-order valence-electron chi connectivity index (χ2n) is 7.03. The zero-order chi connectivity index (χ0) is 21.6. The van der Waals surface area contributed by atoms with Crippen LogP contribution in [-0.4, -0.2) is 34.7 Å². The summed E-state index contributed by atoms with van der Waals surface area (Å²) in [4.78, 5) is 21.9. The summed E-state index contributed by atoms with van der Waals surface area (Å²) in [5.41, 5.74) is 0. The molecule has 0 aliphatic heterocycles. The fourth-order valence-corrected chi connectivity index (χ4v) is 2.52. The van der Waals surface area contributed by atoms with Crippen LogP contribution in [0.1, 0.15) is 77.6 Å². The number of aliphatic carboxylic acids is 1. The molecule has 164 valence electrons. The maximum absolute atomic E-state index is 11.5. The predicted molar refractivity (Wildman–Crippen MR) is 120 cm³/mol. The molecule has 5 nitrogen and oxygen atoms in total. The number of carbonyl (C=O) groups excluding carboxylic acids is 1. The lowest BCUT2D eigenvalue weighted by atomic mass is 10.1. The van der Waals surface area contributed by atoms with E-state index >= 15 is 0 Å². The van der Waals surface area contributed by atoms with Crippen molar-refractivity contribution in [3.05, 3.63) is 48.6 Å². The summed E-state index contributed by atoms with van der Waals surface area (Å²) in [6.45, 7) is 2.61. The van der Waals surface area contributed by atoms with Gasteiger partial charge < -0.3 is 15.5 Å². The highest BCUT2D eigenvalue weighted by Crippen LogP contribution is 2.02. The fourth-order valence-electron chi connectivity index (χ4n) is 2.52. The second-order valence-corrected chi connectivity index (χ2v) is 7.03. The Morgan fingerprint density at radius 2 is 1.66 bits per heavy atom. The minimum atomic E-state index is -0.838. The summed E-state index contributed by atoms with van der Waals surface area (Å²) in [6.07, 6.45) is 24.4. The summed E-state index contributed by atoms with van der Waals surface area (Å²) >= 11 is 0. The summed E-state index contributed by atoms with van der Waals surface area (Å²) in [7, 11) is 0. The Balaban J connectivity index is 3.63. The van der Waals surface area contributed by atoms with Crippen molar-refractivity contribution in [3.8, 4) is 0 Å². The summed E-state index contributed by atoms with van der Waals surface area (Å²) in [5.74, 6) is -0.862. The van der Waals surface area contributed by atoms with Crippen LogP contribution in [0.3, 0.4) is 0 Å². The van der Waals surface area contributed by atoms with E-state index in [0.717, 1.165) is 25.7 Å². The van der Waals surface area contributed by atoms with Crippen LogP contribution in [-0.2, 0) is 9.59 Å². The fraction of sp³-hybridized carbons (Fsp3) is 0.583. The topological polar surface area (TPSA) is 86.6 Å². The number of rotatable bonds is 18. The highest BCUT2D eigenvalue weighted by Gasteiger charge is 2.01. The van der Waals surface area contributed by atoms with Crippen LogP contribution in [0.5, 0.6) is 0 Å². The number of nitrogens with one attached hydrogen (secondary N) is 1. The third-order valence-corrected chi connectivity index (χ3v) is 4.20. The van der Waals surface area contributed by atoms with Crippen molar-refractivity contribution in [2.24, 2.45) is 0 Å². The molecule has 0 saturated heterocycles. The number of amides is 1. The number of aliphatic hydroxyl groups excluding tert-OH is 1. The van der Waals surface area contributed by atoms with Crippen molar-refractivity contribution in [3.63, 3.8) is 0 Å². The zero-order valence-corrected chi connectivity index (χ0v) is 17.9. The first kappa shape index (κ1) is 26.9. The molecule has 0 radical (unpaired) electrons. The van der Waals surface area contributed by atoms with E-state index < -0.39 is 12.1 Å². The number of hydrogen-bond donors (Lipinski definition) is 3. The van der Waals surface area contributed by atoms with E-state index in [2.05, 4.69) is 30.5 Å². The molecule has 1 amide bonds. The average Bonchev–Trinajstić information content (AvgIpc) is 2.69. The van der Waals surface area contributed by atoms with E-state index in [0.29, 0.717) is 25.8 Å². The largest absolute Gasteiger partial charge is 0.481 e. The molecule has 1 unspecified atom stereocenters. The molecule has 0 heterocycles.